The number of nitrogens with one attached hydrogen (secondary N) is 2. The quantitative estimate of drug-likeness (QED) is 0.790. The van der Waals surface area contributed by atoms with Gasteiger partial charge in [0.05, 0.1) is 16.9 Å². The lowest BCUT2D eigenvalue weighted by molar-refractivity contribution is 0.0635. The molecule has 2 rings (SSSR count). The first-order valence-corrected chi connectivity index (χ1v) is 10.5. The van der Waals surface area contributed by atoms with Crippen molar-refractivity contribution in [3.8, 4) is 0 Å². The first-order valence-electron chi connectivity index (χ1n) is 7.75. The van der Waals surface area contributed by atoms with E-state index >= 15 is 0 Å². The predicted octanol–water partition coefficient (Wildman–Crippen LogP) is 3.89. The Kier molecular flexibility index (Phi) is 5.91. The zero-order valence-corrected chi connectivity index (χ0v) is 16.8. The van der Waals surface area contributed by atoms with Gasteiger partial charge in [0.2, 0.25) is 0 Å². The number of ether oxygens (including phenoxy) is 1. The molecule has 2 aromatic rings. The van der Waals surface area contributed by atoms with Crippen LogP contribution in [0.3, 0.4) is 0 Å². The first kappa shape index (κ1) is 20.8. The Bertz CT molecular complexity index is 977. The molecule has 0 aliphatic rings. The van der Waals surface area contributed by atoms with E-state index in [2.05, 4.69) is 10.6 Å². The topological polar surface area (TPSA) is 102 Å². The number of hydrogen-bond acceptors (Lipinski definition) is 6. The maximum Gasteiger partial charge on any atom is 0.412 e. The van der Waals surface area contributed by atoms with Crippen LogP contribution in [0.5, 0.6) is 0 Å². The van der Waals surface area contributed by atoms with Gasteiger partial charge in [0, 0.05) is 11.6 Å². The highest BCUT2D eigenvalue weighted by molar-refractivity contribution is 7.92. The fourth-order valence-corrected chi connectivity index (χ4v) is 3.76. The van der Waals surface area contributed by atoms with Crippen LogP contribution in [-0.4, -0.2) is 32.3 Å². The molecule has 2 N–H and O–H groups in total. The summed E-state index contributed by atoms with van der Waals surface area (Å²) in [5, 5.41) is 6.29. The molecule has 146 valence electrons. The second kappa shape index (κ2) is 7.65. The number of thiophene rings is 1. The highest BCUT2D eigenvalue weighted by Crippen LogP contribution is 2.26. The van der Waals surface area contributed by atoms with Crippen LogP contribution in [0.25, 0.3) is 0 Å². The number of carbonyl (C=O) groups excluding carboxylic acids is 2. The molecule has 1 aromatic carbocycles. The average molecular weight is 414 g/mol. The van der Waals surface area contributed by atoms with Gasteiger partial charge < -0.3 is 10.1 Å². The van der Waals surface area contributed by atoms with E-state index < -0.39 is 33.3 Å². The Morgan fingerprint density at radius 1 is 1.11 bits per heavy atom. The van der Waals surface area contributed by atoms with Crippen molar-refractivity contribution >= 4 is 44.5 Å². The summed E-state index contributed by atoms with van der Waals surface area (Å²) in [5.74, 6) is -1.26. The molecule has 1 heterocycles. The molecule has 0 aliphatic heterocycles. The lowest BCUT2D eigenvalue weighted by atomic mass is 10.2. The zero-order chi connectivity index (χ0) is 20.4. The summed E-state index contributed by atoms with van der Waals surface area (Å²) in [4.78, 5) is 24.3. The van der Waals surface area contributed by atoms with Gasteiger partial charge in [-0.15, -0.1) is 11.3 Å². The molecule has 0 atom stereocenters. The van der Waals surface area contributed by atoms with Crippen LogP contribution in [0.2, 0.25) is 0 Å². The minimum atomic E-state index is -3.43. The summed E-state index contributed by atoms with van der Waals surface area (Å²) in [6.07, 6.45) is 0.273. The van der Waals surface area contributed by atoms with Crippen LogP contribution in [0.4, 0.5) is 20.6 Å². The van der Waals surface area contributed by atoms with E-state index in [9.17, 15) is 22.4 Å². The van der Waals surface area contributed by atoms with Gasteiger partial charge in [0.1, 0.15) is 15.6 Å². The summed E-state index contributed by atoms with van der Waals surface area (Å²) in [7, 11) is -3.43. The summed E-state index contributed by atoms with van der Waals surface area (Å²) < 4.78 is 41.8. The van der Waals surface area contributed by atoms with Crippen molar-refractivity contribution in [3.63, 3.8) is 0 Å². The average Bonchev–Trinajstić information content (AvgIpc) is 2.98. The molecule has 0 saturated heterocycles. The predicted molar refractivity (Wildman–Crippen MR) is 102 cm³/mol. The molecule has 27 heavy (non-hydrogen) atoms. The molecule has 1 aromatic heterocycles. The molecule has 10 heteroatoms. The molecule has 2 amide bonds. The van der Waals surface area contributed by atoms with Gasteiger partial charge in [0.25, 0.3) is 5.91 Å². The van der Waals surface area contributed by atoms with Gasteiger partial charge in [0.15, 0.2) is 9.84 Å². The Labute approximate surface area is 160 Å². The van der Waals surface area contributed by atoms with Crippen molar-refractivity contribution in [1.82, 2.24) is 0 Å². The maximum atomic E-state index is 13.6. The molecule has 7 nitrogen and oxygen atoms in total. The smallest absolute Gasteiger partial charge is 0.412 e. The number of hydrogen-bond donors (Lipinski definition) is 2. The van der Waals surface area contributed by atoms with Gasteiger partial charge in [-0.3, -0.25) is 10.1 Å². The number of amides is 2. The Morgan fingerprint density at radius 3 is 2.33 bits per heavy atom. The van der Waals surface area contributed by atoms with Crippen molar-refractivity contribution in [1.29, 1.82) is 0 Å². The van der Waals surface area contributed by atoms with Crippen molar-refractivity contribution in [2.75, 3.05) is 16.9 Å². The van der Waals surface area contributed by atoms with E-state index in [1.165, 1.54) is 17.5 Å². The number of carbonyl (C=O) groups is 2. The second-order valence-electron chi connectivity index (χ2n) is 6.70. The third-order valence-electron chi connectivity index (χ3n) is 3.07. The van der Waals surface area contributed by atoms with Crippen LogP contribution in [0, 0.1) is 5.82 Å². The maximum absolute atomic E-state index is 13.6. The van der Waals surface area contributed by atoms with E-state index in [1.807, 2.05) is 0 Å². The third kappa shape index (κ3) is 6.04. The Balaban J connectivity index is 2.22. The van der Waals surface area contributed by atoms with Gasteiger partial charge in [-0.25, -0.2) is 17.6 Å². The zero-order valence-electron chi connectivity index (χ0n) is 15.1. The van der Waals surface area contributed by atoms with Crippen LogP contribution in [-0.2, 0) is 14.6 Å². The van der Waals surface area contributed by atoms with Crippen molar-refractivity contribution in [2.24, 2.45) is 0 Å². The van der Waals surface area contributed by atoms with Crippen LogP contribution in [0.15, 0.2) is 33.9 Å². The van der Waals surface area contributed by atoms with Crippen LogP contribution in [0.1, 0.15) is 31.1 Å². The number of halogens is 1. The number of anilines is 2. The summed E-state index contributed by atoms with van der Waals surface area (Å²) in [6, 6.07) is 4.67. The van der Waals surface area contributed by atoms with Crippen molar-refractivity contribution < 1.29 is 27.1 Å². The molecular weight excluding hydrogens is 395 g/mol. The summed E-state index contributed by atoms with van der Waals surface area (Å²) in [6.45, 7) is 5.07. The highest BCUT2D eigenvalue weighted by atomic mass is 32.2. The van der Waals surface area contributed by atoms with E-state index in [-0.39, 0.29) is 21.1 Å². The number of rotatable bonds is 4. The molecular formula is C17H19FN2O5S2. The first-order chi connectivity index (χ1) is 12.3. The minimum absolute atomic E-state index is 0.0120. The van der Waals surface area contributed by atoms with Crippen LogP contribution >= 0.6 is 11.3 Å². The number of benzene rings is 1. The SMILES string of the molecule is CC(C)(C)OC(=O)Nc1ccc(F)cc1NC(=O)c1csc(S(C)(=O)=O)c1. The van der Waals surface area contributed by atoms with E-state index in [1.54, 1.807) is 20.8 Å². The Hall–Kier alpha value is -2.46. The van der Waals surface area contributed by atoms with E-state index in [0.29, 0.717) is 0 Å². The standard InChI is InChI=1S/C17H19FN2O5S2/c1-17(2,3)25-16(22)20-12-6-5-11(18)8-13(12)19-15(21)10-7-14(26-9-10)27(4,23)24/h5-9H,1-4H3,(H,19,21)(H,20,22). The van der Waals surface area contributed by atoms with Gasteiger partial charge in [-0.1, -0.05) is 0 Å². The highest BCUT2D eigenvalue weighted by Gasteiger charge is 2.19. The molecule has 0 aliphatic carbocycles. The van der Waals surface area contributed by atoms with Crippen molar-refractivity contribution in [2.45, 2.75) is 30.6 Å². The van der Waals surface area contributed by atoms with Gasteiger partial charge in [-0.2, -0.15) is 0 Å². The fraction of sp³-hybridized carbons (Fsp3) is 0.294. The second-order valence-corrected chi connectivity index (χ2v) is 9.85. The van der Waals surface area contributed by atoms with Gasteiger partial charge >= 0.3 is 6.09 Å². The number of sulfone groups is 1. The molecule has 0 unspecified atom stereocenters. The Morgan fingerprint density at radius 2 is 1.78 bits per heavy atom. The minimum Gasteiger partial charge on any atom is -0.444 e. The molecule has 0 spiro atoms. The lowest BCUT2D eigenvalue weighted by Gasteiger charge is -2.20. The lowest BCUT2D eigenvalue weighted by Crippen LogP contribution is -2.27. The summed E-state index contributed by atoms with van der Waals surface area (Å²) in [5.41, 5.74) is -0.477. The monoisotopic (exact) mass is 414 g/mol. The normalized spacial score (nSPS) is 11.7. The molecule has 0 radical (unpaired) electrons. The van der Waals surface area contributed by atoms with E-state index in [4.69, 9.17) is 4.74 Å². The van der Waals surface area contributed by atoms with Crippen LogP contribution < -0.4 is 10.6 Å². The molecule has 0 bridgehead atoms. The van der Waals surface area contributed by atoms with E-state index in [0.717, 1.165) is 29.7 Å². The fourth-order valence-electron chi connectivity index (χ4n) is 1.97. The largest absolute Gasteiger partial charge is 0.444 e. The summed E-state index contributed by atoms with van der Waals surface area (Å²) >= 11 is 0.907. The molecule has 0 saturated carbocycles. The van der Waals surface area contributed by atoms with Gasteiger partial charge in [-0.05, 0) is 45.0 Å². The third-order valence-corrected chi connectivity index (χ3v) is 5.84. The molecule has 0 fully saturated rings. The van der Waals surface area contributed by atoms with Crippen molar-refractivity contribution in [3.05, 3.63) is 41.0 Å².